The lowest BCUT2D eigenvalue weighted by atomic mass is 10.3. The minimum atomic E-state index is -3.79. The second-order valence-corrected chi connectivity index (χ2v) is 9.61. The summed E-state index contributed by atoms with van der Waals surface area (Å²) in [5.41, 5.74) is 0.780. The Morgan fingerprint density at radius 2 is 2.00 bits per heavy atom. The maximum absolute atomic E-state index is 12.3. The van der Waals surface area contributed by atoms with Crippen LogP contribution < -0.4 is 9.94 Å². The van der Waals surface area contributed by atoms with E-state index >= 15 is 0 Å². The van der Waals surface area contributed by atoms with E-state index in [0.717, 1.165) is 10.4 Å². The second-order valence-electron chi connectivity index (χ2n) is 5.88. The number of allylic oxidation sites excluding steroid dienone is 1. The van der Waals surface area contributed by atoms with E-state index in [0.29, 0.717) is 28.2 Å². The van der Waals surface area contributed by atoms with E-state index < -0.39 is 10.0 Å². The van der Waals surface area contributed by atoms with E-state index in [1.165, 1.54) is 23.5 Å². The monoisotopic (exact) mass is 433 g/mol. The largest absolute Gasteiger partial charge is 0.313 e. The van der Waals surface area contributed by atoms with Gasteiger partial charge in [-0.05, 0) is 30.3 Å². The zero-order valence-electron chi connectivity index (χ0n) is 14.9. The topological polar surface area (TPSA) is 94.5 Å². The number of sulfonamides is 1. The summed E-state index contributed by atoms with van der Waals surface area (Å²) in [6.45, 7) is 4.20. The molecule has 1 amide bonds. The number of thiazole rings is 1. The highest BCUT2D eigenvalue weighted by Gasteiger charge is 2.12. The van der Waals surface area contributed by atoms with Crippen LogP contribution in [-0.2, 0) is 21.4 Å². The molecule has 28 heavy (non-hydrogen) atoms. The molecule has 6 nitrogen and oxygen atoms in total. The molecule has 0 atom stereocenters. The van der Waals surface area contributed by atoms with Crippen LogP contribution in [0.15, 0.2) is 76.0 Å². The van der Waals surface area contributed by atoms with Crippen molar-refractivity contribution in [3.63, 3.8) is 0 Å². The molecule has 0 radical (unpaired) electrons. The van der Waals surface area contributed by atoms with Crippen molar-refractivity contribution in [3.05, 3.63) is 66.0 Å². The molecular formula is C19H19N3O3S3. The van der Waals surface area contributed by atoms with Crippen LogP contribution in [0.4, 0.5) is 0 Å². The fourth-order valence-electron chi connectivity index (χ4n) is 2.56. The highest BCUT2D eigenvalue weighted by atomic mass is 32.2. The quantitative estimate of drug-likeness (QED) is 0.457. The summed E-state index contributed by atoms with van der Waals surface area (Å²) in [6.07, 6.45) is 2.01. The first-order chi connectivity index (χ1) is 13.4. The molecule has 1 aromatic heterocycles. The summed E-state index contributed by atoms with van der Waals surface area (Å²) < 4.78 is 25.7. The average Bonchev–Trinajstić information content (AvgIpc) is 2.99. The number of amides is 1. The van der Waals surface area contributed by atoms with Gasteiger partial charge in [0.15, 0.2) is 4.80 Å². The van der Waals surface area contributed by atoms with Crippen molar-refractivity contribution in [2.45, 2.75) is 22.8 Å². The Balaban J connectivity index is 1.86. The van der Waals surface area contributed by atoms with Crippen LogP contribution in [0.25, 0.3) is 10.2 Å². The predicted octanol–water partition coefficient (Wildman–Crippen LogP) is 3.15. The van der Waals surface area contributed by atoms with Gasteiger partial charge in [-0.1, -0.05) is 35.6 Å². The van der Waals surface area contributed by atoms with Crippen molar-refractivity contribution >= 4 is 49.2 Å². The number of thioether (sulfide) groups is 1. The van der Waals surface area contributed by atoms with E-state index in [1.807, 2.05) is 34.9 Å². The minimum Gasteiger partial charge on any atom is -0.313 e. The van der Waals surface area contributed by atoms with Gasteiger partial charge in [-0.15, -0.1) is 18.3 Å². The fraction of sp³-hybridized carbons (Fsp3) is 0.158. The van der Waals surface area contributed by atoms with Gasteiger partial charge in [0, 0.05) is 23.6 Å². The third-order valence-electron chi connectivity index (χ3n) is 3.84. The number of carbonyl (C=O) groups is 1. The molecule has 3 aromatic rings. The maximum Gasteiger partial charge on any atom is 0.249 e. The number of fused-ring (bicyclic) bond motifs is 1. The Morgan fingerprint density at radius 3 is 2.68 bits per heavy atom. The van der Waals surface area contributed by atoms with E-state index in [9.17, 15) is 13.2 Å². The van der Waals surface area contributed by atoms with Gasteiger partial charge in [-0.25, -0.2) is 13.6 Å². The molecule has 0 unspecified atom stereocenters. The molecule has 0 bridgehead atoms. The molecule has 0 saturated carbocycles. The summed E-state index contributed by atoms with van der Waals surface area (Å²) >= 11 is 2.86. The minimum absolute atomic E-state index is 0.0316. The average molecular weight is 434 g/mol. The van der Waals surface area contributed by atoms with E-state index in [2.05, 4.69) is 11.6 Å². The van der Waals surface area contributed by atoms with Crippen LogP contribution in [0.1, 0.15) is 6.42 Å². The van der Waals surface area contributed by atoms with Crippen molar-refractivity contribution in [1.82, 2.24) is 4.57 Å². The van der Waals surface area contributed by atoms with Gasteiger partial charge in [-0.2, -0.15) is 4.99 Å². The lowest BCUT2D eigenvalue weighted by molar-refractivity contribution is -0.117. The molecule has 0 aliphatic heterocycles. The molecule has 9 heteroatoms. The molecule has 0 aliphatic carbocycles. The molecule has 2 N–H and O–H groups in total. The maximum atomic E-state index is 12.3. The van der Waals surface area contributed by atoms with Crippen molar-refractivity contribution in [2.24, 2.45) is 10.1 Å². The molecular weight excluding hydrogens is 414 g/mol. The van der Waals surface area contributed by atoms with Gasteiger partial charge < -0.3 is 4.57 Å². The van der Waals surface area contributed by atoms with E-state index in [1.54, 1.807) is 23.9 Å². The lowest BCUT2D eigenvalue weighted by Crippen LogP contribution is -2.16. The number of benzene rings is 2. The van der Waals surface area contributed by atoms with Gasteiger partial charge in [0.05, 0.1) is 15.1 Å². The molecule has 0 spiro atoms. The summed E-state index contributed by atoms with van der Waals surface area (Å²) in [7, 11) is -3.79. The Kier molecular flexibility index (Phi) is 6.50. The van der Waals surface area contributed by atoms with Gasteiger partial charge in [0.1, 0.15) is 0 Å². The van der Waals surface area contributed by atoms with Crippen LogP contribution >= 0.6 is 23.1 Å². The first-order valence-corrected chi connectivity index (χ1v) is 11.8. The molecule has 2 aromatic carbocycles. The third kappa shape index (κ3) is 4.99. The van der Waals surface area contributed by atoms with Gasteiger partial charge in [-0.3, -0.25) is 4.79 Å². The number of aromatic nitrogens is 1. The number of nitrogens with two attached hydrogens (primary N) is 1. The summed E-state index contributed by atoms with van der Waals surface area (Å²) in [6, 6.07) is 14.5. The van der Waals surface area contributed by atoms with Crippen molar-refractivity contribution in [1.29, 1.82) is 0 Å². The number of hydrogen-bond donors (Lipinski definition) is 1. The normalized spacial score (nSPS) is 12.4. The molecule has 3 rings (SSSR count). The molecule has 1 heterocycles. The zero-order chi connectivity index (χ0) is 20.1. The van der Waals surface area contributed by atoms with Crippen molar-refractivity contribution < 1.29 is 13.2 Å². The van der Waals surface area contributed by atoms with Gasteiger partial charge in [0.25, 0.3) is 0 Å². The number of nitrogens with zero attached hydrogens (tertiary/aromatic N) is 2. The number of rotatable bonds is 7. The second kappa shape index (κ2) is 8.87. The number of primary sulfonamides is 1. The van der Waals surface area contributed by atoms with E-state index in [4.69, 9.17) is 5.14 Å². The van der Waals surface area contributed by atoms with Crippen molar-refractivity contribution in [2.75, 3.05) is 5.75 Å². The standard InChI is InChI=1S/C19H19N3O3S3/c1-2-11-22-16-9-8-15(28(20,24)25)13-17(16)27-19(22)21-18(23)10-12-26-14-6-4-3-5-7-14/h2-9,13H,1,10-12H2,(H2,20,24,25). The van der Waals surface area contributed by atoms with Crippen LogP contribution in [0.5, 0.6) is 0 Å². The highest BCUT2D eigenvalue weighted by molar-refractivity contribution is 7.99. The van der Waals surface area contributed by atoms with Crippen LogP contribution in [-0.4, -0.2) is 24.6 Å². The lowest BCUT2D eigenvalue weighted by Gasteiger charge is -2.02. The fourth-order valence-corrected chi connectivity index (χ4v) is 5.13. The SMILES string of the molecule is C=CCn1c(=NC(=O)CCSc2ccccc2)sc2cc(S(N)(=O)=O)ccc21. The van der Waals surface area contributed by atoms with Crippen molar-refractivity contribution in [3.8, 4) is 0 Å². The molecule has 0 saturated heterocycles. The Hall–Kier alpha value is -2.20. The summed E-state index contributed by atoms with van der Waals surface area (Å²) in [5.74, 6) is 0.410. The molecule has 0 aliphatic rings. The Bertz CT molecular complexity index is 1180. The number of carbonyl (C=O) groups excluding carboxylic acids is 1. The van der Waals surface area contributed by atoms with Crippen LogP contribution in [0.2, 0.25) is 0 Å². The van der Waals surface area contributed by atoms with Crippen LogP contribution in [0, 0.1) is 0 Å². The summed E-state index contributed by atoms with van der Waals surface area (Å²) in [5, 5.41) is 5.21. The van der Waals surface area contributed by atoms with Crippen LogP contribution in [0.3, 0.4) is 0 Å². The Labute approximate surface area is 171 Å². The Morgan fingerprint density at radius 1 is 1.25 bits per heavy atom. The smallest absolute Gasteiger partial charge is 0.249 e. The van der Waals surface area contributed by atoms with Gasteiger partial charge in [0.2, 0.25) is 15.9 Å². The third-order valence-corrected chi connectivity index (χ3v) is 6.81. The molecule has 0 fully saturated rings. The van der Waals surface area contributed by atoms with Gasteiger partial charge >= 0.3 is 0 Å². The first kappa shape index (κ1) is 20.5. The number of hydrogen-bond acceptors (Lipinski definition) is 5. The summed E-state index contributed by atoms with van der Waals surface area (Å²) in [4.78, 5) is 18.2. The predicted molar refractivity (Wildman–Crippen MR) is 114 cm³/mol. The highest BCUT2D eigenvalue weighted by Crippen LogP contribution is 2.22. The molecule has 146 valence electrons. The first-order valence-electron chi connectivity index (χ1n) is 8.41. The zero-order valence-corrected chi connectivity index (χ0v) is 17.4. The van der Waals surface area contributed by atoms with E-state index in [-0.39, 0.29) is 10.8 Å².